The second-order valence-electron chi connectivity index (χ2n) is 6.36. The van der Waals surface area contributed by atoms with E-state index in [1.807, 2.05) is 19.1 Å². The minimum absolute atomic E-state index is 0.0257. The van der Waals surface area contributed by atoms with Crippen LogP contribution in [0.1, 0.15) is 38.2 Å². The van der Waals surface area contributed by atoms with Gasteiger partial charge in [-0.25, -0.2) is 0 Å². The summed E-state index contributed by atoms with van der Waals surface area (Å²) < 4.78 is 12.1. The molecule has 0 radical (unpaired) electrons. The Kier molecular flexibility index (Phi) is 5.16. The maximum Gasteiger partial charge on any atom is 0.220 e. The van der Waals surface area contributed by atoms with Crippen molar-refractivity contribution in [1.82, 2.24) is 5.32 Å². The highest BCUT2D eigenvalue weighted by Gasteiger charge is 2.43. The smallest absolute Gasteiger partial charge is 0.220 e. The molecule has 0 aromatic heterocycles. The van der Waals surface area contributed by atoms with Gasteiger partial charge in [0, 0.05) is 25.5 Å². The molecule has 2 fully saturated rings. The molecule has 3 atom stereocenters. The van der Waals surface area contributed by atoms with E-state index in [9.17, 15) is 4.79 Å². The fourth-order valence-electron chi connectivity index (χ4n) is 3.28. The van der Waals surface area contributed by atoms with Gasteiger partial charge in [0.15, 0.2) is 6.29 Å². The normalized spacial score (nSPS) is 27.5. The van der Waals surface area contributed by atoms with Gasteiger partial charge in [-0.15, -0.1) is 0 Å². The molecule has 6 heteroatoms. The molecule has 2 aliphatic heterocycles. The Balaban J connectivity index is 1.91. The second-order valence-corrected chi connectivity index (χ2v) is 7.17. The average molecular weight is 358 g/mol. The summed E-state index contributed by atoms with van der Waals surface area (Å²) in [6.07, 6.45) is 3.20. The lowest BCUT2D eigenvalue weighted by Crippen LogP contribution is -2.41. The highest BCUT2D eigenvalue weighted by molar-refractivity contribution is 6.42. The first-order chi connectivity index (χ1) is 11.0. The van der Waals surface area contributed by atoms with Gasteiger partial charge in [0.2, 0.25) is 5.91 Å². The van der Waals surface area contributed by atoms with Crippen LogP contribution in [0.25, 0.3) is 0 Å². The van der Waals surface area contributed by atoms with Crippen molar-refractivity contribution >= 4 is 29.1 Å². The number of benzene rings is 1. The molecule has 3 unspecified atom stereocenters. The number of carbonyl (C=O) groups is 1. The molecule has 23 heavy (non-hydrogen) atoms. The lowest BCUT2D eigenvalue weighted by Gasteiger charge is -2.39. The number of hydrogen-bond donors (Lipinski definition) is 1. The summed E-state index contributed by atoms with van der Waals surface area (Å²) >= 11 is 12.2. The molecule has 1 amide bonds. The van der Waals surface area contributed by atoms with E-state index in [0.29, 0.717) is 29.6 Å². The van der Waals surface area contributed by atoms with Crippen molar-refractivity contribution in [3.8, 4) is 0 Å². The van der Waals surface area contributed by atoms with Crippen LogP contribution in [-0.2, 0) is 19.9 Å². The fourth-order valence-corrected chi connectivity index (χ4v) is 3.57. The monoisotopic (exact) mass is 357 g/mol. The third-order valence-corrected chi connectivity index (χ3v) is 5.50. The van der Waals surface area contributed by atoms with Crippen LogP contribution in [0.4, 0.5) is 0 Å². The first-order valence-corrected chi connectivity index (χ1v) is 8.76. The number of nitrogens with one attached hydrogen (secondary N) is 1. The number of halogens is 2. The first kappa shape index (κ1) is 17.0. The SMILES string of the molecule is CC(OC1CCCCO1)(c1ccc(Cl)c(Cl)c1)C1CNC(=O)C1. The summed E-state index contributed by atoms with van der Waals surface area (Å²) in [5, 5.41) is 3.88. The van der Waals surface area contributed by atoms with Crippen LogP contribution in [-0.4, -0.2) is 25.3 Å². The maximum atomic E-state index is 11.7. The molecule has 126 valence electrons. The number of amides is 1. The molecule has 0 aliphatic carbocycles. The quantitative estimate of drug-likeness (QED) is 0.888. The van der Waals surface area contributed by atoms with Crippen molar-refractivity contribution in [2.24, 2.45) is 5.92 Å². The predicted molar refractivity (Wildman–Crippen MR) is 89.6 cm³/mol. The lowest BCUT2D eigenvalue weighted by atomic mass is 9.81. The van der Waals surface area contributed by atoms with Gasteiger partial charge in [-0.2, -0.15) is 0 Å². The van der Waals surface area contributed by atoms with Crippen LogP contribution < -0.4 is 5.32 Å². The molecule has 4 nitrogen and oxygen atoms in total. The molecule has 1 aromatic rings. The summed E-state index contributed by atoms with van der Waals surface area (Å²) in [6, 6.07) is 5.52. The zero-order valence-electron chi connectivity index (χ0n) is 13.1. The summed E-state index contributed by atoms with van der Waals surface area (Å²) in [5.74, 6) is 0.0761. The number of hydrogen-bond acceptors (Lipinski definition) is 3. The molecule has 3 rings (SSSR count). The van der Waals surface area contributed by atoms with Gasteiger partial charge < -0.3 is 14.8 Å². The molecule has 0 saturated carbocycles. The number of rotatable bonds is 4. The van der Waals surface area contributed by atoms with Crippen LogP contribution >= 0.6 is 23.2 Å². The Morgan fingerprint density at radius 1 is 1.30 bits per heavy atom. The van der Waals surface area contributed by atoms with Gasteiger partial charge in [0.1, 0.15) is 0 Å². The summed E-state index contributed by atoms with van der Waals surface area (Å²) in [7, 11) is 0. The molecule has 0 bridgehead atoms. The van der Waals surface area contributed by atoms with E-state index in [1.54, 1.807) is 6.07 Å². The van der Waals surface area contributed by atoms with E-state index in [1.165, 1.54) is 0 Å². The van der Waals surface area contributed by atoms with Gasteiger partial charge in [-0.1, -0.05) is 29.3 Å². The van der Waals surface area contributed by atoms with Crippen LogP contribution in [0.5, 0.6) is 0 Å². The van der Waals surface area contributed by atoms with Crippen molar-refractivity contribution in [1.29, 1.82) is 0 Å². The van der Waals surface area contributed by atoms with Gasteiger partial charge in [0.05, 0.1) is 15.6 Å². The molecule has 2 heterocycles. The zero-order chi connectivity index (χ0) is 16.4. The van der Waals surface area contributed by atoms with Crippen LogP contribution in [0.2, 0.25) is 10.0 Å². The van der Waals surface area contributed by atoms with Crippen molar-refractivity contribution in [2.45, 2.75) is 44.5 Å². The van der Waals surface area contributed by atoms with Crippen molar-refractivity contribution in [3.63, 3.8) is 0 Å². The lowest BCUT2D eigenvalue weighted by molar-refractivity contribution is -0.238. The van der Waals surface area contributed by atoms with Crippen LogP contribution in [0, 0.1) is 5.92 Å². The average Bonchev–Trinajstić information content (AvgIpc) is 2.98. The Morgan fingerprint density at radius 2 is 2.13 bits per heavy atom. The largest absolute Gasteiger partial charge is 0.356 e. The molecule has 1 N–H and O–H groups in total. The highest BCUT2D eigenvalue weighted by Crippen LogP contribution is 2.41. The third kappa shape index (κ3) is 3.66. The topological polar surface area (TPSA) is 47.6 Å². The van der Waals surface area contributed by atoms with Gasteiger partial charge in [-0.05, 0) is 43.9 Å². The molecule has 1 aromatic carbocycles. The van der Waals surface area contributed by atoms with Gasteiger partial charge in [-0.3, -0.25) is 4.79 Å². The van der Waals surface area contributed by atoms with Crippen molar-refractivity contribution in [2.75, 3.05) is 13.2 Å². The molecular formula is C17H21Cl2NO3. The zero-order valence-corrected chi connectivity index (χ0v) is 14.6. The molecular weight excluding hydrogens is 337 g/mol. The van der Waals surface area contributed by atoms with Crippen molar-refractivity contribution in [3.05, 3.63) is 33.8 Å². The number of ether oxygens (including phenoxy) is 2. The summed E-state index contributed by atoms with van der Waals surface area (Å²) in [5.41, 5.74) is 0.262. The minimum Gasteiger partial charge on any atom is -0.356 e. The molecule has 0 spiro atoms. The highest BCUT2D eigenvalue weighted by atomic mass is 35.5. The predicted octanol–water partition coefficient (Wildman–Crippen LogP) is 3.89. The third-order valence-electron chi connectivity index (χ3n) is 4.76. The van der Waals surface area contributed by atoms with E-state index >= 15 is 0 Å². The van der Waals surface area contributed by atoms with E-state index in [-0.39, 0.29) is 18.1 Å². The van der Waals surface area contributed by atoms with E-state index in [4.69, 9.17) is 32.7 Å². The number of carbonyl (C=O) groups excluding carboxylic acids is 1. The van der Waals surface area contributed by atoms with Crippen molar-refractivity contribution < 1.29 is 14.3 Å². The minimum atomic E-state index is -0.657. The van der Waals surface area contributed by atoms with Gasteiger partial charge >= 0.3 is 0 Å². The van der Waals surface area contributed by atoms with Crippen LogP contribution in [0.3, 0.4) is 0 Å². The Morgan fingerprint density at radius 3 is 2.74 bits per heavy atom. The van der Waals surface area contributed by atoms with Gasteiger partial charge in [0.25, 0.3) is 0 Å². The standard InChI is InChI=1S/C17H21Cl2NO3/c1-17(12-9-15(21)20-10-12,23-16-4-2-3-7-22-16)11-5-6-13(18)14(19)8-11/h5-6,8,12,16H,2-4,7,9-10H2,1H3,(H,20,21). The van der Waals surface area contributed by atoms with E-state index in [0.717, 1.165) is 24.8 Å². The Hall–Kier alpha value is -0.810. The fraction of sp³-hybridized carbons (Fsp3) is 0.588. The van der Waals surface area contributed by atoms with E-state index < -0.39 is 5.60 Å². The van der Waals surface area contributed by atoms with Crippen LogP contribution in [0.15, 0.2) is 18.2 Å². The summed E-state index contributed by atoms with van der Waals surface area (Å²) in [6.45, 7) is 3.31. The van der Waals surface area contributed by atoms with E-state index in [2.05, 4.69) is 5.32 Å². The molecule has 2 saturated heterocycles. The Labute approximate surface area is 146 Å². The first-order valence-electron chi connectivity index (χ1n) is 8.00. The second kappa shape index (κ2) is 6.98. The maximum absolute atomic E-state index is 11.7. The molecule has 2 aliphatic rings. The Bertz CT molecular complexity index is 589. The summed E-state index contributed by atoms with van der Waals surface area (Å²) in [4.78, 5) is 11.7.